The van der Waals surface area contributed by atoms with E-state index < -0.39 is 0 Å². The molecule has 2 amide bonds. The molecule has 0 saturated heterocycles. The number of rotatable bonds is 5. The number of amides is 2. The third-order valence-corrected chi connectivity index (χ3v) is 2.10. The van der Waals surface area contributed by atoms with Gasteiger partial charge < -0.3 is 16.1 Å². The van der Waals surface area contributed by atoms with Crippen LogP contribution in [0.2, 0.25) is 0 Å². The molecule has 1 rings (SSSR count). The molecule has 0 aliphatic heterocycles. The molecule has 0 aromatic heterocycles. The molecule has 100 valence electrons. The average molecular weight is 273 g/mol. The zero-order valence-electron chi connectivity index (χ0n) is 10.0. The minimum absolute atomic E-state index is 0. The van der Waals surface area contributed by atoms with Crippen molar-refractivity contribution in [3.8, 4) is 0 Å². The molecule has 7 heteroatoms. The second-order valence-electron chi connectivity index (χ2n) is 3.46. The number of benzene rings is 1. The number of nitrogens with one attached hydrogen (secondary N) is 3. The van der Waals surface area contributed by atoms with Gasteiger partial charge in [-0.3, -0.25) is 15.4 Å². The van der Waals surface area contributed by atoms with Crippen molar-refractivity contribution in [2.75, 3.05) is 18.5 Å². The van der Waals surface area contributed by atoms with Crippen molar-refractivity contribution in [1.82, 2.24) is 10.6 Å². The summed E-state index contributed by atoms with van der Waals surface area (Å²) in [6.45, 7) is 2.25. The van der Waals surface area contributed by atoms with E-state index in [0.29, 0.717) is 18.7 Å². The molecule has 6 nitrogen and oxygen atoms in total. The first-order valence-corrected chi connectivity index (χ1v) is 5.23. The molecular formula is C11H17ClN4O2. The van der Waals surface area contributed by atoms with Crippen molar-refractivity contribution in [3.63, 3.8) is 0 Å². The maximum Gasteiger partial charge on any atom is 0.251 e. The van der Waals surface area contributed by atoms with E-state index in [2.05, 4.69) is 16.1 Å². The van der Waals surface area contributed by atoms with E-state index in [-0.39, 0.29) is 24.2 Å². The summed E-state index contributed by atoms with van der Waals surface area (Å²) in [5.74, 6) is 4.92. The van der Waals surface area contributed by atoms with E-state index in [0.717, 1.165) is 5.69 Å². The van der Waals surface area contributed by atoms with Crippen LogP contribution in [0.3, 0.4) is 0 Å². The second-order valence-corrected chi connectivity index (χ2v) is 3.46. The first kappa shape index (κ1) is 16.2. The van der Waals surface area contributed by atoms with Gasteiger partial charge in [-0.05, 0) is 24.3 Å². The smallest absolute Gasteiger partial charge is 0.251 e. The highest BCUT2D eigenvalue weighted by Gasteiger charge is 2.03. The molecule has 5 N–H and O–H groups in total. The first-order chi connectivity index (χ1) is 8.13. The number of hydrogen-bond donors (Lipinski definition) is 4. The molecule has 1 aromatic carbocycles. The lowest BCUT2D eigenvalue weighted by Crippen LogP contribution is -2.33. The summed E-state index contributed by atoms with van der Waals surface area (Å²) in [7, 11) is 0. The Bertz CT molecular complexity index is 395. The SMILES string of the molecule is CC(=O)NCCNC(=O)c1ccc(NN)cc1.Cl. The van der Waals surface area contributed by atoms with Gasteiger partial charge in [-0.15, -0.1) is 12.4 Å². The van der Waals surface area contributed by atoms with Gasteiger partial charge in [0.05, 0.1) is 0 Å². The van der Waals surface area contributed by atoms with E-state index in [1.165, 1.54) is 6.92 Å². The summed E-state index contributed by atoms with van der Waals surface area (Å²) in [5, 5.41) is 5.28. The zero-order chi connectivity index (χ0) is 12.7. The standard InChI is InChI=1S/C11H16N4O2.ClH/c1-8(16)13-6-7-14-11(17)9-2-4-10(15-12)5-3-9;/h2-5,15H,6-7,12H2,1H3,(H,13,16)(H,14,17);1H. The number of nitrogen functional groups attached to an aromatic ring is 1. The Balaban J connectivity index is 0.00000289. The Morgan fingerprint density at radius 1 is 1.11 bits per heavy atom. The number of anilines is 1. The minimum atomic E-state index is -0.182. The van der Waals surface area contributed by atoms with Crippen molar-refractivity contribution >= 4 is 29.9 Å². The fourth-order valence-electron chi connectivity index (χ4n) is 1.23. The van der Waals surface area contributed by atoms with Crippen molar-refractivity contribution < 1.29 is 9.59 Å². The lowest BCUT2D eigenvalue weighted by molar-refractivity contribution is -0.118. The molecule has 0 radical (unpaired) electrons. The van der Waals surface area contributed by atoms with Gasteiger partial charge in [-0.1, -0.05) is 0 Å². The highest BCUT2D eigenvalue weighted by Crippen LogP contribution is 2.07. The van der Waals surface area contributed by atoms with Gasteiger partial charge in [-0.2, -0.15) is 0 Å². The van der Waals surface area contributed by atoms with E-state index in [1.807, 2.05) is 0 Å². The molecule has 1 aromatic rings. The first-order valence-electron chi connectivity index (χ1n) is 5.23. The Kier molecular flexibility index (Phi) is 7.50. The van der Waals surface area contributed by atoms with Crippen LogP contribution in [0.5, 0.6) is 0 Å². The third kappa shape index (κ3) is 5.51. The normalized spacial score (nSPS) is 9.00. The Morgan fingerprint density at radius 2 is 1.67 bits per heavy atom. The number of carbonyl (C=O) groups excluding carboxylic acids is 2. The van der Waals surface area contributed by atoms with Crippen LogP contribution < -0.4 is 21.9 Å². The summed E-state index contributed by atoms with van der Waals surface area (Å²) in [6, 6.07) is 6.76. The molecule has 18 heavy (non-hydrogen) atoms. The van der Waals surface area contributed by atoms with E-state index >= 15 is 0 Å². The molecule has 0 atom stereocenters. The predicted molar refractivity (Wildman–Crippen MR) is 72.5 cm³/mol. The van der Waals surface area contributed by atoms with Crippen LogP contribution in [0.4, 0.5) is 5.69 Å². The lowest BCUT2D eigenvalue weighted by Gasteiger charge is -2.06. The Morgan fingerprint density at radius 3 is 2.17 bits per heavy atom. The largest absolute Gasteiger partial charge is 0.355 e. The quantitative estimate of drug-likeness (QED) is 0.351. The van der Waals surface area contributed by atoms with Crippen LogP contribution in [-0.2, 0) is 4.79 Å². The van der Waals surface area contributed by atoms with Crippen LogP contribution in [0.25, 0.3) is 0 Å². The molecule has 0 aliphatic rings. The maximum absolute atomic E-state index is 11.6. The molecule has 0 aliphatic carbocycles. The van der Waals surface area contributed by atoms with Crippen LogP contribution in [-0.4, -0.2) is 24.9 Å². The summed E-state index contributed by atoms with van der Waals surface area (Å²) < 4.78 is 0. The minimum Gasteiger partial charge on any atom is -0.355 e. The molecule has 0 saturated carbocycles. The molecule has 0 heterocycles. The second kappa shape index (κ2) is 8.32. The summed E-state index contributed by atoms with van der Waals surface area (Å²) in [6.07, 6.45) is 0. The summed E-state index contributed by atoms with van der Waals surface area (Å²) in [4.78, 5) is 22.2. The van der Waals surface area contributed by atoms with Gasteiger partial charge in [0.15, 0.2) is 0 Å². The van der Waals surface area contributed by atoms with Gasteiger partial charge in [0.1, 0.15) is 0 Å². The fourth-order valence-corrected chi connectivity index (χ4v) is 1.23. The molecule has 0 bridgehead atoms. The van der Waals surface area contributed by atoms with Crippen molar-refractivity contribution in [3.05, 3.63) is 29.8 Å². The van der Waals surface area contributed by atoms with Gasteiger partial charge in [0, 0.05) is 31.3 Å². The topological polar surface area (TPSA) is 96.2 Å². The number of nitrogens with two attached hydrogens (primary N) is 1. The zero-order valence-corrected chi connectivity index (χ0v) is 10.8. The van der Waals surface area contributed by atoms with Crippen molar-refractivity contribution in [1.29, 1.82) is 0 Å². The monoisotopic (exact) mass is 272 g/mol. The highest BCUT2D eigenvalue weighted by atomic mass is 35.5. The van der Waals surface area contributed by atoms with Crippen LogP contribution in [0, 0.1) is 0 Å². The van der Waals surface area contributed by atoms with Crippen molar-refractivity contribution in [2.45, 2.75) is 6.92 Å². The Labute approximate surface area is 112 Å². The lowest BCUT2D eigenvalue weighted by atomic mass is 10.2. The van der Waals surface area contributed by atoms with Crippen LogP contribution in [0.15, 0.2) is 24.3 Å². The number of hydrazine groups is 1. The summed E-state index contributed by atoms with van der Waals surface area (Å²) >= 11 is 0. The Hall–Kier alpha value is -1.79. The van der Waals surface area contributed by atoms with Crippen LogP contribution >= 0.6 is 12.4 Å². The van der Waals surface area contributed by atoms with Gasteiger partial charge >= 0.3 is 0 Å². The van der Waals surface area contributed by atoms with Crippen molar-refractivity contribution in [2.24, 2.45) is 5.84 Å². The number of hydrogen-bond acceptors (Lipinski definition) is 4. The summed E-state index contributed by atoms with van der Waals surface area (Å²) in [5.41, 5.74) is 3.76. The molecule has 0 spiro atoms. The maximum atomic E-state index is 11.6. The number of halogens is 1. The van der Waals surface area contributed by atoms with Crippen LogP contribution in [0.1, 0.15) is 17.3 Å². The molecule has 0 fully saturated rings. The van der Waals surface area contributed by atoms with Gasteiger partial charge in [0.25, 0.3) is 5.91 Å². The highest BCUT2D eigenvalue weighted by molar-refractivity contribution is 5.94. The van der Waals surface area contributed by atoms with E-state index in [1.54, 1.807) is 24.3 Å². The van der Waals surface area contributed by atoms with E-state index in [4.69, 9.17) is 5.84 Å². The third-order valence-electron chi connectivity index (χ3n) is 2.10. The predicted octanol–water partition coefficient (Wildman–Crippen LogP) is 0.260. The van der Waals surface area contributed by atoms with Gasteiger partial charge in [-0.25, -0.2) is 0 Å². The van der Waals surface area contributed by atoms with Gasteiger partial charge in [0.2, 0.25) is 5.91 Å². The molecular weight excluding hydrogens is 256 g/mol. The average Bonchev–Trinajstić information content (AvgIpc) is 2.34. The number of carbonyl (C=O) groups is 2. The fraction of sp³-hybridized carbons (Fsp3) is 0.273. The molecule has 0 unspecified atom stereocenters. The van der Waals surface area contributed by atoms with E-state index in [9.17, 15) is 9.59 Å².